The standard InChI is InChI=1S/C20H18F2N2O3/c21-15-7-4-8-16(22)17(15)18(25)23-9-10-24-19(26)27-13-20(24,12-23)11-14-5-2-1-3-6-14/h1-8H,9-13H2. The first kappa shape index (κ1) is 17.5. The fraction of sp³-hybridized carbons (Fsp3) is 0.300. The van der Waals surface area contributed by atoms with Crippen LogP contribution < -0.4 is 0 Å². The second-order valence-corrected chi connectivity index (χ2v) is 6.92. The molecule has 1 unspecified atom stereocenters. The van der Waals surface area contributed by atoms with Crippen LogP contribution in [-0.2, 0) is 11.2 Å². The number of hydrogen-bond acceptors (Lipinski definition) is 3. The molecule has 0 radical (unpaired) electrons. The number of hydrogen-bond donors (Lipinski definition) is 0. The van der Waals surface area contributed by atoms with E-state index in [0.717, 1.165) is 17.7 Å². The Bertz CT molecular complexity index is 870. The summed E-state index contributed by atoms with van der Waals surface area (Å²) in [7, 11) is 0. The predicted molar refractivity (Wildman–Crippen MR) is 93.2 cm³/mol. The molecular weight excluding hydrogens is 354 g/mol. The van der Waals surface area contributed by atoms with Gasteiger partial charge in [-0.05, 0) is 17.7 Å². The molecule has 0 aliphatic carbocycles. The summed E-state index contributed by atoms with van der Waals surface area (Å²) in [5.74, 6) is -2.49. The Morgan fingerprint density at radius 1 is 1.04 bits per heavy atom. The van der Waals surface area contributed by atoms with Crippen molar-refractivity contribution in [1.29, 1.82) is 0 Å². The van der Waals surface area contributed by atoms with E-state index in [1.807, 2.05) is 30.3 Å². The first-order valence-corrected chi connectivity index (χ1v) is 8.72. The van der Waals surface area contributed by atoms with Crippen molar-refractivity contribution in [3.05, 3.63) is 71.3 Å². The fourth-order valence-corrected chi connectivity index (χ4v) is 3.87. The van der Waals surface area contributed by atoms with E-state index in [1.165, 1.54) is 11.0 Å². The second-order valence-electron chi connectivity index (χ2n) is 6.92. The van der Waals surface area contributed by atoms with Gasteiger partial charge in [-0.25, -0.2) is 13.6 Å². The Morgan fingerprint density at radius 2 is 1.74 bits per heavy atom. The molecule has 2 aromatic carbocycles. The van der Waals surface area contributed by atoms with Crippen molar-refractivity contribution in [2.24, 2.45) is 0 Å². The number of fused-ring (bicyclic) bond motifs is 1. The van der Waals surface area contributed by atoms with Gasteiger partial charge < -0.3 is 9.64 Å². The van der Waals surface area contributed by atoms with Gasteiger partial charge in [0.15, 0.2) is 0 Å². The number of amides is 2. The molecule has 2 heterocycles. The van der Waals surface area contributed by atoms with Crippen molar-refractivity contribution in [2.45, 2.75) is 12.0 Å². The van der Waals surface area contributed by atoms with Gasteiger partial charge in [-0.15, -0.1) is 0 Å². The molecule has 2 aliphatic rings. The molecule has 2 saturated heterocycles. The normalized spacial score (nSPS) is 21.8. The lowest BCUT2D eigenvalue weighted by atomic mass is 9.88. The molecule has 4 rings (SSSR count). The Hall–Kier alpha value is -2.96. The first-order chi connectivity index (χ1) is 13.0. The molecule has 7 heteroatoms. The number of nitrogens with zero attached hydrogens (tertiary/aromatic N) is 2. The molecule has 0 aromatic heterocycles. The average Bonchev–Trinajstić information content (AvgIpc) is 2.98. The Morgan fingerprint density at radius 3 is 2.44 bits per heavy atom. The van der Waals surface area contributed by atoms with Crippen molar-refractivity contribution in [3.63, 3.8) is 0 Å². The minimum atomic E-state index is -0.890. The SMILES string of the molecule is O=C(c1c(F)cccc1F)N1CCN2C(=O)OCC2(Cc2ccccc2)C1. The van der Waals surface area contributed by atoms with Gasteiger partial charge in [0, 0.05) is 26.1 Å². The molecule has 140 valence electrons. The summed E-state index contributed by atoms with van der Waals surface area (Å²) in [6.07, 6.45) is 0.0680. The summed E-state index contributed by atoms with van der Waals surface area (Å²) in [5.41, 5.74) is -0.313. The maximum atomic E-state index is 14.1. The van der Waals surface area contributed by atoms with Crippen LogP contribution in [-0.4, -0.2) is 53.6 Å². The van der Waals surface area contributed by atoms with E-state index in [0.29, 0.717) is 6.42 Å². The van der Waals surface area contributed by atoms with E-state index in [1.54, 1.807) is 4.90 Å². The topological polar surface area (TPSA) is 49.9 Å². The van der Waals surface area contributed by atoms with Crippen LogP contribution in [0.15, 0.2) is 48.5 Å². The molecule has 0 spiro atoms. The van der Waals surface area contributed by atoms with Crippen LogP contribution in [0.4, 0.5) is 13.6 Å². The summed E-state index contributed by atoms with van der Waals surface area (Å²) >= 11 is 0. The maximum Gasteiger partial charge on any atom is 0.410 e. The number of piperazine rings is 1. The number of carbonyl (C=O) groups is 2. The van der Waals surface area contributed by atoms with Crippen LogP contribution in [0.2, 0.25) is 0 Å². The lowest BCUT2D eigenvalue weighted by Crippen LogP contribution is -2.63. The average molecular weight is 372 g/mol. The highest BCUT2D eigenvalue weighted by Gasteiger charge is 2.51. The van der Waals surface area contributed by atoms with Gasteiger partial charge >= 0.3 is 6.09 Å². The summed E-state index contributed by atoms with van der Waals surface area (Å²) in [4.78, 5) is 28.0. The third-order valence-corrected chi connectivity index (χ3v) is 5.18. The molecule has 2 fully saturated rings. The maximum absolute atomic E-state index is 14.1. The van der Waals surface area contributed by atoms with Gasteiger partial charge in [0.2, 0.25) is 0 Å². The lowest BCUT2D eigenvalue weighted by Gasteiger charge is -2.44. The van der Waals surface area contributed by atoms with Gasteiger partial charge in [0.1, 0.15) is 29.3 Å². The predicted octanol–water partition coefficient (Wildman–Crippen LogP) is 2.85. The zero-order valence-corrected chi connectivity index (χ0v) is 14.5. The van der Waals surface area contributed by atoms with Crippen LogP contribution >= 0.6 is 0 Å². The zero-order valence-electron chi connectivity index (χ0n) is 14.5. The second kappa shape index (κ2) is 6.64. The van der Waals surface area contributed by atoms with Crippen molar-refractivity contribution in [1.82, 2.24) is 9.80 Å². The van der Waals surface area contributed by atoms with Crippen molar-refractivity contribution < 1.29 is 23.1 Å². The monoisotopic (exact) mass is 372 g/mol. The Labute approximate surface area is 155 Å². The lowest BCUT2D eigenvalue weighted by molar-refractivity contribution is 0.0368. The van der Waals surface area contributed by atoms with E-state index in [4.69, 9.17) is 4.74 Å². The minimum absolute atomic E-state index is 0.129. The number of benzene rings is 2. The van der Waals surface area contributed by atoms with Gasteiger partial charge in [-0.2, -0.15) is 0 Å². The smallest absolute Gasteiger partial charge is 0.410 e. The largest absolute Gasteiger partial charge is 0.447 e. The van der Waals surface area contributed by atoms with Crippen molar-refractivity contribution in [2.75, 3.05) is 26.2 Å². The van der Waals surface area contributed by atoms with Crippen LogP contribution in [0, 0.1) is 11.6 Å². The molecule has 2 aliphatic heterocycles. The first-order valence-electron chi connectivity index (χ1n) is 8.72. The molecule has 27 heavy (non-hydrogen) atoms. The molecule has 1 atom stereocenters. The third kappa shape index (κ3) is 3.03. The van der Waals surface area contributed by atoms with Crippen molar-refractivity contribution >= 4 is 12.0 Å². The third-order valence-electron chi connectivity index (χ3n) is 5.18. The number of rotatable bonds is 3. The molecule has 0 N–H and O–H groups in total. The summed E-state index contributed by atoms with van der Waals surface area (Å²) in [6.45, 7) is 0.732. The molecular formula is C20H18F2N2O3. The van der Waals surface area contributed by atoms with Gasteiger partial charge in [0.05, 0.1) is 0 Å². The number of ether oxygens (including phenoxy) is 1. The van der Waals surface area contributed by atoms with E-state index >= 15 is 0 Å². The number of carbonyl (C=O) groups excluding carboxylic acids is 2. The van der Waals surface area contributed by atoms with Gasteiger partial charge in [0.25, 0.3) is 5.91 Å². The fourth-order valence-electron chi connectivity index (χ4n) is 3.87. The van der Waals surface area contributed by atoms with Crippen LogP contribution in [0.1, 0.15) is 15.9 Å². The number of halogens is 2. The number of cyclic esters (lactones) is 1. The highest BCUT2D eigenvalue weighted by atomic mass is 19.1. The van der Waals surface area contributed by atoms with Crippen molar-refractivity contribution in [3.8, 4) is 0 Å². The summed E-state index contributed by atoms with van der Waals surface area (Å²) in [5, 5.41) is 0. The highest BCUT2D eigenvalue weighted by Crippen LogP contribution is 2.33. The van der Waals surface area contributed by atoms with Crippen LogP contribution in [0.25, 0.3) is 0 Å². The van der Waals surface area contributed by atoms with E-state index < -0.39 is 34.7 Å². The molecule has 2 amide bonds. The van der Waals surface area contributed by atoms with E-state index in [2.05, 4.69) is 0 Å². The van der Waals surface area contributed by atoms with Gasteiger partial charge in [-0.1, -0.05) is 36.4 Å². The Kier molecular flexibility index (Phi) is 4.30. The molecule has 2 aromatic rings. The molecule has 0 saturated carbocycles. The summed E-state index contributed by atoms with van der Waals surface area (Å²) < 4.78 is 33.4. The minimum Gasteiger partial charge on any atom is -0.447 e. The van der Waals surface area contributed by atoms with E-state index in [9.17, 15) is 18.4 Å². The van der Waals surface area contributed by atoms with Crippen LogP contribution in [0.5, 0.6) is 0 Å². The Balaban J connectivity index is 1.64. The van der Waals surface area contributed by atoms with Crippen LogP contribution in [0.3, 0.4) is 0 Å². The van der Waals surface area contributed by atoms with Gasteiger partial charge in [-0.3, -0.25) is 9.69 Å². The highest BCUT2D eigenvalue weighted by molar-refractivity contribution is 5.95. The summed E-state index contributed by atoms with van der Waals surface area (Å²) in [6, 6.07) is 12.9. The quantitative estimate of drug-likeness (QED) is 0.833. The zero-order chi connectivity index (χ0) is 19.0. The molecule has 5 nitrogen and oxygen atoms in total. The van der Waals surface area contributed by atoms with E-state index in [-0.39, 0.29) is 26.2 Å². The molecule has 0 bridgehead atoms.